The van der Waals surface area contributed by atoms with Crippen LogP contribution in [0, 0.1) is 5.82 Å². The first-order chi connectivity index (χ1) is 12.1. The molecule has 0 radical (unpaired) electrons. The zero-order chi connectivity index (χ0) is 17.6. The van der Waals surface area contributed by atoms with E-state index in [1.165, 1.54) is 29.5 Å². The molecular formula is C16H13FN4O3S. The zero-order valence-corrected chi connectivity index (χ0v) is 13.7. The van der Waals surface area contributed by atoms with Crippen LogP contribution in [0.4, 0.5) is 4.39 Å². The van der Waals surface area contributed by atoms with Gasteiger partial charge in [-0.25, -0.2) is 4.39 Å². The lowest BCUT2D eigenvalue weighted by atomic mass is 10.2. The van der Waals surface area contributed by atoms with Crippen LogP contribution in [0.25, 0.3) is 11.4 Å². The molecule has 0 aliphatic carbocycles. The average Bonchev–Trinajstić information content (AvgIpc) is 3.30. The van der Waals surface area contributed by atoms with Crippen LogP contribution in [0.5, 0.6) is 0 Å². The van der Waals surface area contributed by atoms with Gasteiger partial charge in [-0.1, -0.05) is 23.4 Å². The van der Waals surface area contributed by atoms with Gasteiger partial charge < -0.3 is 15.2 Å². The van der Waals surface area contributed by atoms with E-state index in [4.69, 9.17) is 4.52 Å². The van der Waals surface area contributed by atoms with Crippen LogP contribution >= 0.6 is 11.3 Å². The highest BCUT2D eigenvalue weighted by atomic mass is 32.1. The molecule has 7 nitrogen and oxygen atoms in total. The number of rotatable bonds is 6. The summed E-state index contributed by atoms with van der Waals surface area (Å²) in [5.74, 6) is -1.59. The SMILES string of the molecule is O=C(NCCNC(=O)c1cccs1)c1nc(-c2ccccc2F)no1. The molecule has 2 N–H and O–H groups in total. The van der Waals surface area contributed by atoms with E-state index in [0.717, 1.165) is 0 Å². The molecule has 2 aromatic heterocycles. The number of carbonyl (C=O) groups is 2. The van der Waals surface area contributed by atoms with Crippen molar-refractivity contribution in [2.24, 2.45) is 0 Å². The van der Waals surface area contributed by atoms with Gasteiger partial charge in [-0.2, -0.15) is 4.98 Å². The maximum absolute atomic E-state index is 13.7. The Morgan fingerprint density at radius 1 is 1.08 bits per heavy atom. The van der Waals surface area contributed by atoms with Crippen molar-refractivity contribution >= 4 is 23.2 Å². The van der Waals surface area contributed by atoms with E-state index in [2.05, 4.69) is 20.8 Å². The predicted octanol–water partition coefficient (Wildman–Crippen LogP) is 2.10. The van der Waals surface area contributed by atoms with Gasteiger partial charge in [-0.05, 0) is 23.6 Å². The number of benzene rings is 1. The standard InChI is InChI=1S/C16H13FN4O3S/c17-11-5-2-1-4-10(11)13-20-16(24-21-13)15(23)19-8-7-18-14(22)12-6-3-9-25-12/h1-6,9H,7-8H2,(H,18,22)(H,19,23). The van der Waals surface area contributed by atoms with Gasteiger partial charge in [-0.3, -0.25) is 9.59 Å². The molecule has 2 amide bonds. The Labute approximate surface area is 145 Å². The van der Waals surface area contributed by atoms with Gasteiger partial charge in [-0.15, -0.1) is 11.3 Å². The largest absolute Gasteiger partial charge is 0.350 e. The molecule has 0 bridgehead atoms. The number of halogens is 1. The molecule has 0 unspecified atom stereocenters. The minimum atomic E-state index is -0.597. The predicted molar refractivity (Wildman–Crippen MR) is 88.7 cm³/mol. The van der Waals surface area contributed by atoms with E-state index in [1.54, 1.807) is 23.6 Å². The Bertz CT molecular complexity index is 879. The maximum atomic E-state index is 13.7. The van der Waals surface area contributed by atoms with Crippen LogP contribution in [0.2, 0.25) is 0 Å². The van der Waals surface area contributed by atoms with Crippen molar-refractivity contribution in [3.8, 4) is 11.4 Å². The molecule has 0 aliphatic rings. The third-order valence-corrected chi connectivity index (χ3v) is 4.04. The Morgan fingerprint density at radius 2 is 1.84 bits per heavy atom. The lowest BCUT2D eigenvalue weighted by molar-refractivity contribution is 0.0899. The van der Waals surface area contributed by atoms with Crippen LogP contribution in [-0.2, 0) is 0 Å². The number of nitrogens with zero attached hydrogens (tertiary/aromatic N) is 2. The highest BCUT2D eigenvalue weighted by Gasteiger charge is 2.17. The first kappa shape index (κ1) is 16.8. The summed E-state index contributed by atoms with van der Waals surface area (Å²) >= 11 is 1.33. The van der Waals surface area contributed by atoms with Crippen LogP contribution < -0.4 is 10.6 Å². The van der Waals surface area contributed by atoms with Crippen molar-refractivity contribution in [1.82, 2.24) is 20.8 Å². The van der Waals surface area contributed by atoms with Gasteiger partial charge in [0.15, 0.2) is 0 Å². The smallest absolute Gasteiger partial charge is 0.316 e. The van der Waals surface area contributed by atoms with Gasteiger partial charge in [0.05, 0.1) is 10.4 Å². The van der Waals surface area contributed by atoms with E-state index < -0.39 is 11.7 Å². The highest BCUT2D eigenvalue weighted by molar-refractivity contribution is 7.12. The molecule has 3 aromatic rings. The summed E-state index contributed by atoms with van der Waals surface area (Å²) in [6.07, 6.45) is 0. The van der Waals surface area contributed by atoms with E-state index in [-0.39, 0.29) is 36.3 Å². The van der Waals surface area contributed by atoms with E-state index >= 15 is 0 Å². The van der Waals surface area contributed by atoms with E-state index in [9.17, 15) is 14.0 Å². The average molecular weight is 360 g/mol. The number of hydrogen-bond donors (Lipinski definition) is 2. The second kappa shape index (κ2) is 7.67. The molecular weight excluding hydrogens is 347 g/mol. The fourth-order valence-corrected chi connectivity index (χ4v) is 2.63. The maximum Gasteiger partial charge on any atom is 0.316 e. The Morgan fingerprint density at radius 3 is 2.56 bits per heavy atom. The van der Waals surface area contributed by atoms with Crippen molar-refractivity contribution in [1.29, 1.82) is 0 Å². The molecule has 128 valence electrons. The van der Waals surface area contributed by atoms with Gasteiger partial charge in [0.2, 0.25) is 5.82 Å². The quantitative estimate of drug-likeness (QED) is 0.656. The molecule has 9 heteroatoms. The Balaban J connectivity index is 1.51. The first-order valence-corrected chi connectivity index (χ1v) is 8.21. The summed E-state index contributed by atoms with van der Waals surface area (Å²) in [5.41, 5.74) is 0.147. The third kappa shape index (κ3) is 4.07. The molecule has 0 aliphatic heterocycles. The summed E-state index contributed by atoms with van der Waals surface area (Å²) in [6.45, 7) is 0.435. The van der Waals surface area contributed by atoms with E-state index in [0.29, 0.717) is 4.88 Å². The topological polar surface area (TPSA) is 97.1 Å². The molecule has 0 atom stereocenters. The summed E-state index contributed by atoms with van der Waals surface area (Å²) < 4.78 is 18.5. The fraction of sp³-hybridized carbons (Fsp3) is 0.125. The molecule has 3 rings (SSSR count). The lowest BCUT2D eigenvalue weighted by Gasteiger charge is -2.04. The fourth-order valence-electron chi connectivity index (χ4n) is 1.99. The summed E-state index contributed by atoms with van der Waals surface area (Å²) in [6, 6.07) is 9.41. The van der Waals surface area contributed by atoms with Crippen molar-refractivity contribution in [3.05, 3.63) is 58.4 Å². The number of carbonyl (C=O) groups excluding carboxylic acids is 2. The normalized spacial score (nSPS) is 10.4. The van der Waals surface area contributed by atoms with Crippen LogP contribution in [-0.4, -0.2) is 35.0 Å². The lowest BCUT2D eigenvalue weighted by Crippen LogP contribution is -2.34. The second-order valence-electron chi connectivity index (χ2n) is 4.89. The molecule has 1 aromatic carbocycles. The minimum absolute atomic E-state index is 0.00533. The van der Waals surface area contributed by atoms with Gasteiger partial charge >= 0.3 is 11.8 Å². The van der Waals surface area contributed by atoms with E-state index in [1.807, 2.05) is 0 Å². The van der Waals surface area contributed by atoms with Crippen LogP contribution in [0.15, 0.2) is 46.3 Å². The van der Waals surface area contributed by atoms with Gasteiger partial charge in [0.1, 0.15) is 5.82 Å². The summed E-state index contributed by atoms with van der Waals surface area (Å²) in [5, 5.41) is 10.6. The number of aromatic nitrogens is 2. The van der Waals surface area contributed by atoms with Crippen LogP contribution in [0.3, 0.4) is 0 Å². The molecule has 25 heavy (non-hydrogen) atoms. The summed E-state index contributed by atoms with van der Waals surface area (Å²) in [4.78, 5) is 28.1. The summed E-state index contributed by atoms with van der Waals surface area (Å²) in [7, 11) is 0. The minimum Gasteiger partial charge on any atom is -0.350 e. The van der Waals surface area contributed by atoms with Crippen molar-refractivity contribution in [3.63, 3.8) is 0 Å². The van der Waals surface area contributed by atoms with Gasteiger partial charge in [0, 0.05) is 13.1 Å². The van der Waals surface area contributed by atoms with Crippen molar-refractivity contribution in [2.75, 3.05) is 13.1 Å². The number of nitrogens with one attached hydrogen (secondary N) is 2. The van der Waals surface area contributed by atoms with Crippen molar-refractivity contribution in [2.45, 2.75) is 0 Å². The molecule has 0 saturated heterocycles. The number of thiophene rings is 1. The Hall–Kier alpha value is -3.07. The molecule has 0 saturated carbocycles. The molecule has 0 spiro atoms. The first-order valence-electron chi connectivity index (χ1n) is 7.33. The number of hydrogen-bond acceptors (Lipinski definition) is 6. The molecule has 0 fully saturated rings. The second-order valence-corrected chi connectivity index (χ2v) is 5.84. The third-order valence-electron chi connectivity index (χ3n) is 3.18. The molecule has 2 heterocycles. The monoisotopic (exact) mass is 360 g/mol. The number of amides is 2. The Kier molecular flexibility index (Phi) is 5.14. The van der Waals surface area contributed by atoms with Crippen LogP contribution in [0.1, 0.15) is 20.4 Å². The highest BCUT2D eigenvalue weighted by Crippen LogP contribution is 2.18. The van der Waals surface area contributed by atoms with Crippen molar-refractivity contribution < 1.29 is 18.5 Å². The van der Waals surface area contributed by atoms with Gasteiger partial charge in [0.25, 0.3) is 5.91 Å². The zero-order valence-electron chi connectivity index (χ0n) is 12.9.